The third kappa shape index (κ3) is 1.24. The Balaban J connectivity index is 1.95. The first-order chi connectivity index (χ1) is 13.3. The van der Waals surface area contributed by atoms with Gasteiger partial charge in [-0.3, -0.25) is 0 Å². The smallest absolute Gasteiger partial charge is 0.0260 e. The zero-order valence-electron chi connectivity index (χ0n) is 14.2. The third-order valence-corrected chi connectivity index (χ3v) is 7.40. The van der Waals surface area contributed by atoms with Gasteiger partial charge in [-0.1, -0.05) is 76.6 Å². The van der Waals surface area contributed by atoms with Crippen LogP contribution in [0.1, 0.15) is 0 Å². The minimum Gasteiger partial charge on any atom is -0.0610 e. The molecule has 0 fully saturated rings. The second-order valence-electron chi connectivity index (χ2n) is 7.81. The molecule has 0 heterocycles. The maximum absolute atomic E-state index is 3.84. The second-order valence-corrected chi connectivity index (χ2v) is 8.67. The van der Waals surface area contributed by atoms with Gasteiger partial charge in [-0.15, -0.1) is 0 Å². The van der Waals surface area contributed by atoms with Crippen LogP contribution in [0.15, 0.2) is 71.2 Å². The molecule has 0 unspecified atom stereocenters. The van der Waals surface area contributed by atoms with Crippen molar-refractivity contribution in [1.29, 1.82) is 0 Å². The Bertz CT molecular complexity index is 1820. The van der Waals surface area contributed by atoms with E-state index in [1.165, 1.54) is 79.9 Å². The molecule has 27 heavy (non-hydrogen) atoms. The van der Waals surface area contributed by atoms with Gasteiger partial charge in [-0.2, -0.15) is 0 Å². The molecule has 0 bridgehead atoms. The van der Waals surface area contributed by atoms with E-state index in [4.69, 9.17) is 0 Å². The molecular formula is C26H11Br. The molecular weight excluding hydrogens is 392 g/mol. The average molecular weight is 403 g/mol. The van der Waals surface area contributed by atoms with Crippen molar-refractivity contribution in [2.45, 2.75) is 0 Å². The number of rotatable bonds is 0. The maximum atomic E-state index is 3.84. The van der Waals surface area contributed by atoms with Gasteiger partial charge in [0.1, 0.15) is 0 Å². The summed E-state index contributed by atoms with van der Waals surface area (Å²) in [6.45, 7) is 0. The first kappa shape index (κ1) is 13.3. The summed E-state index contributed by atoms with van der Waals surface area (Å²) in [7, 11) is 0. The van der Waals surface area contributed by atoms with Gasteiger partial charge in [0, 0.05) is 9.86 Å². The molecule has 0 atom stereocenters. The molecule has 8 rings (SSSR count). The lowest BCUT2D eigenvalue weighted by Gasteiger charge is -2.10. The Hall–Kier alpha value is -2.90. The molecule has 0 aliphatic heterocycles. The molecule has 0 spiro atoms. The van der Waals surface area contributed by atoms with Crippen LogP contribution in [-0.2, 0) is 0 Å². The lowest BCUT2D eigenvalue weighted by Crippen LogP contribution is -1.81. The van der Waals surface area contributed by atoms with E-state index in [0.29, 0.717) is 0 Å². The Kier molecular flexibility index (Phi) is 1.97. The first-order valence-electron chi connectivity index (χ1n) is 9.33. The highest BCUT2D eigenvalue weighted by Gasteiger charge is 2.25. The van der Waals surface area contributed by atoms with Gasteiger partial charge in [-0.25, -0.2) is 0 Å². The van der Waals surface area contributed by atoms with Crippen molar-refractivity contribution in [2.24, 2.45) is 0 Å². The summed E-state index contributed by atoms with van der Waals surface area (Å²) in [5.41, 5.74) is 0. The van der Waals surface area contributed by atoms with E-state index in [2.05, 4.69) is 82.7 Å². The number of hydrogen-bond donors (Lipinski definition) is 0. The zero-order valence-corrected chi connectivity index (χ0v) is 15.8. The summed E-state index contributed by atoms with van der Waals surface area (Å²) in [4.78, 5) is 0. The standard InChI is InChI=1S/C26H11Br/c27-19-11-6-13-5-8-16-15-7-4-12-2-1-3-14-17-9-10-18-22(19)21(13)24(16)26(18)25(17)23(15)20(12)14/h1-11H. The molecule has 8 aromatic rings. The topological polar surface area (TPSA) is 0 Å². The van der Waals surface area contributed by atoms with Crippen molar-refractivity contribution < 1.29 is 0 Å². The van der Waals surface area contributed by atoms with Crippen LogP contribution in [-0.4, -0.2) is 0 Å². The van der Waals surface area contributed by atoms with Crippen LogP contribution in [0.2, 0.25) is 0 Å². The van der Waals surface area contributed by atoms with Gasteiger partial charge in [0.2, 0.25) is 0 Å². The first-order valence-corrected chi connectivity index (χ1v) is 10.1. The van der Waals surface area contributed by atoms with Crippen molar-refractivity contribution in [1.82, 2.24) is 0 Å². The number of fused-ring (bicyclic) bond motifs is 3. The van der Waals surface area contributed by atoms with Gasteiger partial charge >= 0.3 is 0 Å². The number of halogens is 1. The Morgan fingerprint density at radius 2 is 0.889 bits per heavy atom. The fourth-order valence-corrected chi connectivity index (χ4v) is 6.33. The van der Waals surface area contributed by atoms with Gasteiger partial charge in [-0.05, 0) is 76.1 Å². The van der Waals surface area contributed by atoms with Crippen LogP contribution >= 0.6 is 15.9 Å². The maximum Gasteiger partial charge on any atom is 0.0260 e. The molecule has 0 radical (unpaired) electrons. The monoisotopic (exact) mass is 402 g/mol. The highest BCUT2D eigenvalue weighted by atomic mass is 79.9. The SMILES string of the molecule is Brc1ccc2ccc3c4ccc5cccc6c7ccc8c1c2c3c8c7c4c56. The molecule has 0 aliphatic carbocycles. The van der Waals surface area contributed by atoms with Crippen molar-refractivity contribution in [3.63, 3.8) is 0 Å². The van der Waals surface area contributed by atoms with Crippen LogP contribution in [0.5, 0.6) is 0 Å². The van der Waals surface area contributed by atoms with Gasteiger partial charge < -0.3 is 0 Å². The van der Waals surface area contributed by atoms with Crippen molar-refractivity contribution in [3.8, 4) is 0 Å². The van der Waals surface area contributed by atoms with Crippen LogP contribution < -0.4 is 0 Å². The lowest BCUT2D eigenvalue weighted by atomic mass is 9.93. The average Bonchev–Trinajstić information content (AvgIpc) is 3.23. The second kappa shape index (κ2) is 4.00. The van der Waals surface area contributed by atoms with E-state index < -0.39 is 0 Å². The Labute approximate surface area is 162 Å². The van der Waals surface area contributed by atoms with E-state index >= 15 is 0 Å². The van der Waals surface area contributed by atoms with E-state index in [1.54, 1.807) is 0 Å². The molecule has 0 aliphatic rings. The fraction of sp³-hybridized carbons (Fsp3) is 0. The summed E-state index contributed by atoms with van der Waals surface area (Å²) in [5.74, 6) is 0. The van der Waals surface area contributed by atoms with E-state index in [1.807, 2.05) is 0 Å². The summed E-state index contributed by atoms with van der Waals surface area (Å²) in [6.07, 6.45) is 0. The quantitative estimate of drug-likeness (QED) is 0.224. The molecule has 0 nitrogen and oxygen atoms in total. The van der Waals surface area contributed by atoms with Crippen molar-refractivity contribution in [2.75, 3.05) is 0 Å². The summed E-state index contributed by atoms with van der Waals surface area (Å²) in [6, 6.07) is 25.1. The van der Waals surface area contributed by atoms with Crippen molar-refractivity contribution >= 4 is 91.3 Å². The van der Waals surface area contributed by atoms with E-state index in [-0.39, 0.29) is 0 Å². The fourth-order valence-electron chi connectivity index (χ4n) is 5.78. The number of benzene rings is 6. The predicted octanol–water partition coefficient (Wildman–Crippen LogP) is 8.27. The normalized spacial score (nSPS) is 13.4. The molecule has 8 aromatic carbocycles. The minimum atomic E-state index is 1.19. The van der Waals surface area contributed by atoms with Crippen LogP contribution in [0.3, 0.4) is 0 Å². The van der Waals surface area contributed by atoms with Gasteiger partial charge in [0.15, 0.2) is 0 Å². The summed E-state index contributed by atoms with van der Waals surface area (Å²) < 4.78 is 1.19. The molecule has 122 valence electrons. The largest absolute Gasteiger partial charge is 0.0610 e. The summed E-state index contributed by atoms with van der Waals surface area (Å²) >= 11 is 3.84. The predicted molar refractivity (Wildman–Crippen MR) is 121 cm³/mol. The molecule has 0 saturated carbocycles. The molecule has 0 saturated heterocycles. The highest BCUT2D eigenvalue weighted by molar-refractivity contribution is 9.10. The minimum absolute atomic E-state index is 1.19. The Morgan fingerprint density at radius 3 is 1.70 bits per heavy atom. The molecule has 0 aromatic heterocycles. The molecule has 0 amide bonds. The van der Waals surface area contributed by atoms with E-state index in [0.717, 1.165) is 0 Å². The highest BCUT2D eigenvalue weighted by Crippen LogP contribution is 2.54. The van der Waals surface area contributed by atoms with Crippen LogP contribution in [0.4, 0.5) is 0 Å². The zero-order chi connectivity index (χ0) is 17.4. The molecule has 0 N–H and O–H groups in total. The van der Waals surface area contributed by atoms with Gasteiger partial charge in [0.25, 0.3) is 0 Å². The van der Waals surface area contributed by atoms with Crippen LogP contribution in [0, 0.1) is 0 Å². The molecule has 1 heteroatoms. The van der Waals surface area contributed by atoms with Crippen LogP contribution in [0.25, 0.3) is 75.4 Å². The Morgan fingerprint density at radius 1 is 0.370 bits per heavy atom. The lowest BCUT2D eigenvalue weighted by molar-refractivity contribution is 1.81. The summed E-state index contributed by atoms with van der Waals surface area (Å²) in [5, 5.41) is 19.6. The number of hydrogen-bond acceptors (Lipinski definition) is 0. The van der Waals surface area contributed by atoms with Crippen molar-refractivity contribution in [3.05, 3.63) is 71.2 Å². The third-order valence-electron chi connectivity index (χ3n) is 6.74. The van der Waals surface area contributed by atoms with Gasteiger partial charge in [0.05, 0.1) is 0 Å². The van der Waals surface area contributed by atoms with E-state index in [9.17, 15) is 0 Å².